The zero-order valence-electron chi connectivity index (χ0n) is 9.65. The number of nitrogens with zero attached hydrogens (tertiary/aromatic N) is 5. The number of thiazole rings is 1. The van der Waals surface area contributed by atoms with Gasteiger partial charge in [0.05, 0.1) is 17.9 Å². The molecule has 3 heterocycles. The van der Waals surface area contributed by atoms with Crippen molar-refractivity contribution in [2.75, 3.05) is 5.73 Å². The third-order valence-corrected chi connectivity index (χ3v) is 3.99. The first-order valence-electron chi connectivity index (χ1n) is 5.91. The minimum Gasteiger partial charge on any atom is -0.381 e. The zero-order valence-corrected chi connectivity index (χ0v) is 10.5. The summed E-state index contributed by atoms with van der Waals surface area (Å²) >= 11 is 1.63. The molecule has 4 rings (SSSR count). The maximum atomic E-state index is 5.87. The molecule has 3 aromatic heterocycles. The summed E-state index contributed by atoms with van der Waals surface area (Å²) in [5.41, 5.74) is 7.94. The molecule has 0 atom stereocenters. The Labute approximate surface area is 107 Å². The molecule has 18 heavy (non-hydrogen) atoms. The van der Waals surface area contributed by atoms with E-state index in [0.717, 1.165) is 16.3 Å². The van der Waals surface area contributed by atoms with E-state index in [-0.39, 0.29) is 0 Å². The van der Waals surface area contributed by atoms with Crippen LogP contribution in [0.15, 0.2) is 17.8 Å². The number of nitrogen functional groups attached to an aromatic ring is 1. The molecule has 0 spiro atoms. The molecule has 0 aromatic carbocycles. The minimum atomic E-state index is 0.545. The van der Waals surface area contributed by atoms with Gasteiger partial charge in [-0.15, -0.1) is 16.4 Å². The van der Waals surface area contributed by atoms with Crippen molar-refractivity contribution in [3.05, 3.63) is 29.2 Å². The van der Waals surface area contributed by atoms with E-state index >= 15 is 0 Å². The number of fused-ring (bicyclic) bond motifs is 1. The highest BCUT2D eigenvalue weighted by molar-refractivity contribution is 7.15. The van der Waals surface area contributed by atoms with Crippen LogP contribution in [0.2, 0.25) is 0 Å². The van der Waals surface area contributed by atoms with Crippen LogP contribution >= 0.6 is 11.3 Å². The van der Waals surface area contributed by atoms with Crippen molar-refractivity contribution in [2.24, 2.45) is 0 Å². The van der Waals surface area contributed by atoms with Crippen molar-refractivity contribution < 1.29 is 0 Å². The van der Waals surface area contributed by atoms with Crippen LogP contribution in [-0.4, -0.2) is 24.4 Å². The van der Waals surface area contributed by atoms with E-state index in [2.05, 4.69) is 15.3 Å². The minimum absolute atomic E-state index is 0.545. The van der Waals surface area contributed by atoms with Gasteiger partial charge in [0, 0.05) is 23.7 Å². The van der Waals surface area contributed by atoms with E-state index in [1.165, 1.54) is 12.8 Å². The van der Waals surface area contributed by atoms with Crippen molar-refractivity contribution in [1.29, 1.82) is 0 Å². The van der Waals surface area contributed by atoms with Gasteiger partial charge < -0.3 is 5.73 Å². The molecule has 0 bridgehead atoms. The number of nitrogens with two attached hydrogens (primary N) is 1. The van der Waals surface area contributed by atoms with Crippen molar-refractivity contribution in [2.45, 2.75) is 25.3 Å². The number of hydrogen-bond acceptors (Lipinski definition) is 5. The van der Waals surface area contributed by atoms with E-state index in [1.807, 2.05) is 26.9 Å². The van der Waals surface area contributed by atoms with Crippen LogP contribution in [0, 0.1) is 0 Å². The fourth-order valence-electron chi connectivity index (χ4n) is 2.23. The summed E-state index contributed by atoms with van der Waals surface area (Å²) in [6.45, 7) is 0.643. The first-order chi connectivity index (χ1) is 8.81. The standard InChI is InChI=1S/C11H12N6S/c12-10-9(7-1-2-7)17(15-14-10)6-8-5-16-3-4-18-11(16)13-8/h3-5,7H,1-2,6,12H2. The Morgan fingerprint density at radius 3 is 3.11 bits per heavy atom. The maximum absolute atomic E-state index is 5.87. The van der Waals surface area contributed by atoms with Crippen LogP contribution in [0.4, 0.5) is 5.82 Å². The fourth-order valence-corrected chi connectivity index (χ4v) is 2.95. The number of rotatable bonds is 3. The van der Waals surface area contributed by atoms with Gasteiger partial charge in [0.25, 0.3) is 0 Å². The van der Waals surface area contributed by atoms with Gasteiger partial charge in [0.15, 0.2) is 10.8 Å². The van der Waals surface area contributed by atoms with Crippen LogP contribution in [0.1, 0.15) is 30.1 Å². The first-order valence-corrected chi connectivity index (χ1v) is 6.79. The van der Waals surface area contributed by atoms with Crippen molar-refractivity contribution >= 4 is 22.1 Å². The topological polar surface area (TPSA) is 74.0 Å². The smallest absolute Gasteiger partial charge is 0.193 e. The Bertz CT molecular complexity index is 676. The van der Waals surface area contributed by atoms with E-state index in [9.17, 15) is 0 Å². The largest absolute Gasteiger partial charge is 0.381 e. The molecule has 2 N–H and O–H groups in total. The summed E-state index contributed by atoms with van der Waals surface area (Å²) in [4.78, 5) is 5.56. The van der Waals surface area contributed by atoms with Gasteiger partial charge in [0.1, 0.15) is 0 Å². The van der Waals surface area contributed by atoms with Gasteiger partial charge in [-0.2, -0.15) is 0 Å². The number of anilines is 1. The lowest BCUT2D eigenvalue weighted by molar-refractivity contribution is 0.612. The predicted molar refractivity (Wildman–Crippen MR) is 68.6 cm³/mol. The summed E-state index contributed by atoms with van der Waals surface area (Å²) in [5.74, 6) is 1.11. The van der Waals surface area contributed by atoms with E-state index in [1.54, 1.807) is 11.3 Å². The average molecular weight is 260 g/mol. The second-order valence-electron chi connectivity index (χ2n) is 4.62. The number of hydrogen-bond donors (Lipinski definition) is 1. The zero-order chi connectivity index (χ0) is 12.1. The van der Waals surface area contributed by atoms with Crippen LogP contribution in [-0.2, 0) is 6.54 Å². The van der Waals surface area contributed by atoms with Crippen molar-refractivity contribution in [3.8, 4) is 0 Å². The maximum Gasteiger partial charge on any atom is 0.193 e. The molecule has 1 saturated carbocycles. The molecule has 0 aliphatic heterocycles. The van der Waals surface area contributed by atoms with E-state index in [0.29, 0.717) is 18.3 Å². The first kappa shape index (κ1) is 10.1. The molecule has 1 aliphatic carbocycles. The predicted octanol–water partition coefficient (Wildman–Crippen LogP) is 1.50. The van der Waals surface area contributed by atoms with Crippen LogP contribution in [0.5, 0.6) is 0 Å². The van der Waals surface area contributed by atoms with Gasteiger partial charge in [-0.05, 0) is 12.8 Å². The molecule has 3 aromatic rings. The molecule has 6 nitrogen and oxygen atoms in total. The van der Waals surface area contributed by atoms with Crippen LogP contribution < -0.4 is 5.73 Å². The van der Waals surface area contributed by atoms with Gasteiger partial charge in [-0.3, -0.25) is 4.40 Å². The van der Waals surface area contributed by atoms with E-state index < -0.39 is 0 Å². The van der Waals surface area contributed by atoms with Crippen LogP contribution in [0.3, 0.4) is 0 Å². The summed E-state index contributed by atoms with van der Waals surface area (Å²) in [5, 5.41) is 10.1. The highest BCUT2D eigenvalue weighted by Gasteiger charge is 2.30. The summed E-state index contributed by atoms with van der Waals surface area (Å²) in [6.07, 6.45) is 6.42. The molecule has 0 saturated heterocycles. The lowest BCUT2D eigenvalue weighted by Crippen LogP contribution is -2.06. The highest BCUT2D eigenvalue weighted by atomic mass is 32.1. The summed E-state index contributed by atoms with van der Waals surface area (Å²) in [7, 11) is 0. The average Bonchev–Trinajstić information content (AvgIpc) is 2.78. The molecule has 0 radical (unpaired) electrons. The molecular formula is C11H12N6S. The van der Waals surface area contributed by atoms with Crippen molar-refractivity contribution in [1.82, 2.24) is 24.4 Å². The Balaban J connectivity index is 1.69. The molecular weight excluding hydrogens is 248 g/mol. The number of imidazole rings is 1. The Hall–Kier alpha value is -1.89. The van der Waals surface area contributed by atoms with Gasteiger partial charge in [-0.25, -0.2) is 9.67 Å². The van der Waals surface area contributed by atoms with Gasteiger partial charge in [0.2, 0.25) is 0 Å². The fraction of sp³-hybridized carbons (Fsp3) is 0.364. The molecule has 0 amide bonds. The van der Waals surface area contributed by atoms with Gasteiger partial charge in [-0.1, -0.05) is 5.21 Å². The van der Waals surface area contributed by atoms with Crippen molar-refractivity contribution in [3.63, 3.8) is 0 Å². The lowest BCUT2D eigenvalue weighted by Gasteiger charge is -2.02. The third-order valence-electron chi connectivity index (χ3n) is 3.22. The summed E-state index contributed by atoms with van der Waals surface area (Å²) < 4.78 is 3.91. The molecule has 7 heteroatoms. The molecule has 1 fully saturated rings. The van der Waals surface area contributed by atoms with Crippen LogP contribution in [0.25, 0.3) is 4.96 Å². The molecule has 1 aliphatic rings. The monoisotopic (exact) mass is 260 g/mol. The number of aromatic nitrogens is 5. The Morgan fingerprint density at radius 2 is 2.33 bits per heavy atom. The lowest BCUT2D eigenvalue weighted by atomic mass is 10.3. The molecule has 0 unspecified atom stereocenters. The highest BCUT2D eigenvalue weighted by Crippen LogP contribution is 2.42. The Morgan fingerprint density at radius 1 is 1.44 bits per heavy atom. The van der Waals surface area contributed by atoms with E-state index in [4.69, 9.17) is 5.73 Å². The normalized spacial score (nSPS) is 15.6. The van der Waals surface area contributed by atoms with Gasteiger partial charge >= 0.3 is 0 Å². The summed E-state index contributed by atoms with van der Waals surface area (Å²) in [6, 6.07) is 0. The SMILES string of the molecule is Nc1nnn(Cc2cn3ccsc3n2)c1C1CC1. The Kier molecular flexibility index (Phi) is 1.99. The quantitative estimate of drug-likeness (QED) is 0.774. The second kappa shape index (κ2) is 3.55. The second-order valence-corrected chi connectivity index (χ2v) is 5.49. The third kappa shape index (κ3) is 1.51. The molecule has 92 valence electrons.